The first-order chi connectivity index (χ1) is 9.66. The summed E-state index contributed by atoms with van der Waals surface area (Å²) < 4.78 is 6.06. The van der Waals surface area contributed by atoms with Gasteiger partial charge in [-0.1, -0.05) is 44.0 Å². The normalized spacial score (nSPS) is 34.3. The summed E-state index contributed by atoms with van der Waals surface area (Å²) in [5.41, 5.74) is 9.53. The van der Waals surface area contributed by atoms with Gasteiger partial charge in [0.15, 0.2) is 0 Å². The van der Waals surface area contributed by atoms with Crippen LogP contribution in [0.15, 0.2) is 24.3 Å². The maximum Gasteiger partial charge on any atom is 0.0845 e. The molecule has 3 atom stereocenters. The van der Waals surface area contributed by atoms with Gasteiger partial charge in [-0.15, -0.1) is 0 Å². The maximum absolute atomic E-state index is 6.73. The van der Waals surface area contributed by atoms with Crippen LogP contribution in [0.4, 0.5) is 0 Å². The van der Waals surface area contributed by atoms with E-state index in [-0.39, 0.29) is 11.6 Å². The third-order valence-electron chi connectivity index (χ3n) is 5.19. The van der Waals surface area contributed by atoms with Crippen molar-refractivity contribution in [3.05, 3.63) is 35.4 Å². The molecule has 1 heterocycles. The van der Waals surface area contributed by atoms with Gasteiger partial charge < -0.3 is 10.5 Å². The molecule has 1 aromatic rings. The summed E-state index contributed by atoms with van der Waals surface area (Å²) in [6.45, 7) is 3.20. The van der Waals surface area contributed by atoms with Crippen molar-refractivity contribution in [1.82, 2.24) is 0 Å². The third kappa shape index (κ3) is 3.07. The topological polar surface area (TPSA) is 35.2 Å². The van der Waals surface area contributed by atoms with Crippen LogP contribution in [-0.4, -0.2) is 12.1 Å². The number of rotatable bonds is 2. The number of nitrogens with two attached hydrogens (primary N) is 1. The lowest BCUT2D eigenvalue weighted by Gasteiger charge is -2.35. The minimum atomic E-state index is -0.0279. The number of fused-ring (bicyclic) bond motifs is 1. The van der Waals surface area contributed by atoms with Crippen molar-refractivity contribution >= 4 is 0 Å². The largest absolute Gasteiger partial charge is 0.373 e. The lowest BCUT2D eigenvalue weighted by Crippen LogP contribution is -2.41. The quantitative estimate of drug-likeness (QED) is 0.827. The van der Waals surface area contributed by atoms with Crippen molar-refractivity contribution in [2.24, 2.45) is 11.7 Å². The van der Waals surface area contributed by atoms with Gasteiger partial charge in [0.1, 0.15) is 0 Å². The molecule has 3 rings (SSSR count). The van der Waals surface area contributed by atoms with Crippen LogP contribution in [0, 0.1) is 5.92 Å². The Balaban J connectivity index is 1.74. The molecule has 0 aromatic heterocycles. The fourth-order valence-electron chi connectivity index (χ4n) is 3.82. The van der Waals surface area contributed by atoms with Gasteiger partial charge in [0.2, 0.25) is 0 Å². The molecule has 0 amide bonds. The summed E-state index contributed by atoms with van der Waals surface area (Å²) in [4.78, 5) is 0. The Hall–Kier alpha value is -0.860. The van der Waals surface area contributed by atoms with Crippen LogP contribution in [0.5, 0.6) is 0 Å². The summed E-state index contributed by atoms with van der Waals surface area (Å²) in [5, 5.41) is 0. The van der Waals surface area contributed by atoms with E-state index in [1.807, 2.05) is 0 Å². The van der Waals surface area contributed by atoms with Gasteiger partial charge in [-0.25, -0.2) is 0 Å². The average molecular weight is 273 g/mol. The first-order valence-corrected chi connectivity index (χ1v) is 8.15. The standard InChI is InChI=1S/C18H27NO/c1-14-5-4-10-18(19,11-8-14)13-17-16-7-3-2-6-15(16)9-12-20-17/h2-3,6-7,14,17H,4-5,8-13,19H2,1H3. The predicted molar refractivity (Wildman–Crippen MR) is 82.6 cm³/mol. The van der Waals surface area contributed by atoms with Crippen LogP contribution in [0.2, 0.25) is 0 Å². The van der Waals surface area contributed by atoms with Crippen LogP contribution >= 0.6 is 0 Å². The highest BCUT2D eigenvalue weighted by Gasteiger charge is 2.33. The summed E-state index contributed by atoms with van der Waals surface area (Å²) in [7, 11) is 0. The second kappa shape index (κ2) is 5.87. The molecule has 1 saturated carbocycles. The van der Waals surface area contributed by atoms with Crippen molar-refractivity contribution in [3.63, 3.8) is 0 Å². The van der Waals surface area contributed by atoms with E-state index < -0.39 is 0 Å². The van der Waals surface area contributed by atoms with Crippen LogP contribution in [-0.2, 0) is 11.2 Å². The highest BCUT2D eigenvalue weighted by atomic mass is 16.5. The van der Waals surface area contributed by atoms with E-state index in [1.165, 1.54) is 30.4 Å². The molecule has 0 radical (unpaired) electrons. The average Bonchev–Trinajstić information content (AvgIpc) is 2.61. The summed E-state index contributed by atoms with van der Waals surface area (Å²) >= 11 is 0. The Morgan fingerprint density at radius 1 is 1.25 bits per heavy atom. The zero-order valence-corrected chi connectivity index (χ0v) is 12.6. The van der Waals surface area contributed by atoms with Crippen LogP contribution in [0.3, 0.4) is 0 Å². The molecule has 0 saturated heterocycles. The smallest absolute Gasteiger partial charge is 0.0845 e. The number of hydrogen-bond donors (Lipinski definition) is 1. The minimum absolute atomic E-state index is 0.0279. The van der Waals surface area contributed by atoms with E-state index in [9.17, 15) is 0 Å². The molecule has 0 bridgehead atoms. The second-order valence-electron chi connectivity index (χ2n) is 6.91. The monoisotopic (exact) mass is 273 g/mol. The summed E-state index contributed by atoms with van der Waals surface area (Å²) in [6.07, 6.45) is 8.41. The highest BCUT2D eigenvalue weighted by molar-refractivity contribution is 5.31. The number of benzene rings is 1. The Morgan fingerprint density at radius 3 is 3.00 bits per heavy atom. The molecule has 110 valence electrons. The summed E-state index contributed by atoms with van der Waals surface area (Å²) in [5.74, 6) is 0.833. The van der Waals surface area contributed by atoms with E-state index in [0.717, 1.165) is 38.2 Å². The van der Waals surface area contributed by atoms with Gasteiger partial charge in [-0.05, 0) is 49.1 Å². The Kier molecular flexibility index (Phi) is 4.13. The van der Waals surface area contributed by atoms with E-state index in [1.54, 1.807) is 0 Å². The minimum Gasteiger partial charge on any atom is -0.373 e. The molecule has 1 aliphatic heterocycles. The van der Waals surface area contributed by atoms with Crippen molar-refractivity contribution < 1.29 is 4.74 Å². The Morgan fingerprint density at radius 2 is 2.10 bits per heavy atom. The van der Waals surface area contributed by atoms with Gasteiger partial charge in [0, 0.05) is 5.54 Å². The molecule has 2 aliphatic rings. The van der Waals surface area contributed by atoms with Crippen molar-refractivity contribution in [3.8, 4) is 0 Å². The van der Waals surface area contributed by atoms with E-state index >= 15 is 0 Å². The predicted octanol–water partition coefficient (Wildman–Crippen LogP) is 3.99. The molecule has 2 nitrogen and oxygen atoms in total. The van der Waals surface area contributed by atoms with E-state index in [0.29, 0.717) is 0 Å². The molecular formula is C18H27NO. The molecule has 2 heteroatoms. The molecular weight excluding hydrogens is 246 g/mol. The lowest BCUT2D eigenvalue weighted by molar-refractivity contribution is 0.0185. The highest BCUT2D eigenvalue weighted by Crippen LogP contribution is 2.38. The zero-order valence-electron chi connectivity index (χ0n) is 12.6. The third-order valence-corrected chi connectivity index (χ3v) is 5.19. The molecule has 20 heavy (non-hydrogen) atoms. The number of hydrogen-bond acceptors (Lipinski definition) is 2. The fraction of sp³-hybridized carbons (Fsp3) is 0.667. The first kappa shape index (κ1) is 14.1. The van der Waals surface area contributed by atoms with Crippen molar-refractivity contribution in [2.45, 2.75) is 63.5 Å². The molecule has 2 N–H and O–H groups in total. The van der Waals surface area contributed by atoms with Crippen LogP contribution in [0.1, 0.15) is 62.7 Å². The first-order valence-electron chi connectivity index (χ1n) is 8.15. The van der Waals surface area contributed by atoms with Gasteiger partial charge in [0.25, 0.3) is 0 Å². The van der Waals surface area contributed by atoms with Gasteiger partial charge in [-0.2, -0.15) is 0 Å². The van der Waals surface area contributed by atoms with E-state index in [2.05, 4.69) is 31.2 Å². The van der Waals surface area contributed by atoms with Crippen molar-refractivity contribution in [1.29, 1.82) is 0 Å². The lowest BCUT2D eigenvalue weighted by atomic mass is 9.82. The Bertz CT molecular complexity index is 458. The maximum atomic E-state index is 6.73. The molecule has 1 fully saturated rings. The Labute approximate surface area is 122 Å². The molecule has 1 aromatic carbocycles. The van der Waals surface area contributed by atoms with Gasteiger partial charge in [-0.3, -0.25) is 0 Å². The zero-order chi connectivity index (χ0) is 14.0. The van der Waals surface area contributed by atoms with Gasteiger partial charge >= 0.3 is 0 Å². The van der Waals surface area contributed by atoms with Crippen molar-refractivity contribution in [2.75, 3.05) is 6.61 Å². The van der Waals surface area contributed by atoms with Crippen LogP contribution < -0.4 is 5.73 Å². The molecule has 3 unspecified atom stereocenters. The SMILES string of the molecule is CC1CCCC(N)(CC2OCCc3ccccc32)CC1. The number of ether oxygens (including phenoxy) is 1. The van der Waals surface area contributed by atoms with Gasteiger partial charge in [0.05, 0.1) is 12.7 Å². The van der Waals surface area contributed by atoms with E-state index in [4.69, 9.17) is 10.5 Å². The molecule has 1 aliphatic carbocycles. The molecule has 0 spiro atoms. The fourth-order valence-corrected chi connectivity index (χ4v) is 3.82. The summed E-state index contributed by atoms with van der Waals surface area (Å²) in [6, 6.07) is 8.72. The van der Waals surface area contributed by atoms with Crippen LogP contribution in [0.25, 0.3) is 0 Å². The second-order valence-corrected chi connectivity index (χ2v) is 6.91.